The zero-order valence-corrected chi connectivity index (χ0v) is 10.2. The van der Waals surface area contributed by atoms with Gasteiger partial charge >= 0.3 is 0 Å². The second-order valence-corrected chi connectivity index (χ2v) is 4.39. The van der Waals surface area contributed by atoms with Crippen LogP contribution < -0.4 is 9.47 Å². The highest BCUT2D eigenvalue weighted by atomic mass is 16.5. The van der Waals surface area contributed by atoms with Gasteiger partial charge in [0.05, 0.1) is 20.3 Å². The molecule has 0 radical (unpaired) electrons. The van der Waals surface area contributed by atoms with Crippen LogP contribution in [0.5, 0.6) is 11.5 Å². The third-order valence-corrected chi connectivity index (χ3v) is 3.68. The van der Waals surface area contributed by atoms with Gasteiger partial charge in [-0.2, -0.15) is 0 Å². The van der Waals surface area contributed by atoms with Crippen molar-refractivity contribution in [2.75, 3.05) is 14.2 Å². The number of ether oxygens (including phenoxy) is 2. The lowest BCUT2D eigenvalue weighted by molar-refractivity contribution is 0.121. The smallest absolute Gasteiger partial charge is 0.125 e. The molecule has 1 N–H and O–H groups in total. The zero-order chi connectivity index (χ0) is 11.9. The van der Waals surface area contributed by atoms with Crippen molar-refractivity contribution < 1.29 is 14.6 Å². The zero-order valence-electron chi connectivity index (χ0n) is 10.2. The average molecular weight is 222 g/mol. The van der Waals surface area contributed by atoms with Crippen LogP contribution in [0, 0.1) is 5.92 Å². The van der Waals surface area contributed by atoms with Gasteiger partial charge in [-0.15, -0.1) is 0 Å². The third-order valence-electron chi connectivity index (χ3n) is 3.68. The summed E-state index contributed by atoms with van der Waals surface area (Å²) in [6.07, 6.45) is -0.463. The molecule has 1 aromatic carbocycles. The number of methoxy groups -OCH3 is 2. The van der Waals surface area contributed by atoms with Gasteiger partial charge in [0.1, 0.15) is 11.5 Å². The van der Waals surface area contributed by atoms with Crippen LogP contribution in [-0.4, -0.2) is 19.3 Å². The minimum absolute atomic E-state index is 0.195. The summed E-state index contributed by atoms with van der Waals surface area (Å²) in [4.78, 5) is 0. The average Bonchev–Trinajstić information content (AvgIpc) is 2.54. The molecule has 0 saturated heterocycles. The Balaban J connectivity index is 2.64. The molecular formula is C13H18O3. The Labute approximate surface area is 96.0 Å². The number of aliphatic hydroxyl groups is 1. The minimum Gasteiger partial charge on any atom is -0.496 e. The maximum absolute atomic E-state index is 10.2. The van der Waals surface area contributed by atoms with E-state index in [1.54, 1.807) is 14.2 Å². The highest BCUT2D eigenvalue weighted by molar-refractivity contribution is 5.54. The second-order valence-electron chi connectivity index (χ2n) is 4.39. The fraction of sp³-hybridized carbons (Fsp3) is 0.538. The van der Waals surface area contributed by atoms with E-state index >= 15 is 0 Å². The van der Waals surface area contributed by atoms with Crippen LogP contribution in [0.25, 0.3) is 0 Å². The molecule has 1 aliphatic carbocycles. The first-order chi connectivity index (χ1) is 7.61. The highest BCUT2D eigenvalue weighted by Crippen LogP contribution is 2.51. The first-order valence-corrected chi connectivity index (χ1v) is 5.54. The van der Waals surface area contributed by atoms with E-state index in [4.69, 9.17) is 9.47 Å². The SMILES string of the molecule is COc1ccc(OC)c2c1C(C)C(C)C2O. The normalized spacial score (nSPS) is 27.7. The molecule has 0 aliphatic heterocycles. The van der Waals surface area contributed by atoms with Crippen molar-refractivity contribution in [2.24, 2.45) is 5.92 Å². The van der Waals surface area contributed by atoms with E-state index in [-0.39, 0.29) is 11.8 Å². The number of benzene rings is 1. The lowest BCUT2D eigenvalue weighted by atomic mass is 9.95. The topological polar surface area (TPSA) is 38.7 Å². The molecule has 3 heteroatoms. The molecule has 3 nitrogen and oxygen atoms in total. The van der Waals surface area contributed by atoms with E-state index in [9.17, 15) is 5.11 Å². The van der Waals surface area contributed by atoms with Gasteiger partial charge in [0.2, 0.25) is 0 Å². The van der Waals surface area contributed by atoms with Gasteiger partial charge in [0.15, 0.2) is 0 Å². The lowest BCUT2D eigenvalue weighted by Crippen LogP contribution is -2.05. The van der Waals surface area contributed by atoms with Gasteiger partial charge in [0, 0.05) is 11.1 Å². The summed E-state index contributed by atoms with van der Waals surface area (Å²) < 4.78 is 10.7. The van der Waals surface area contributed by atoms with Gasteiger partial charge in [-0.1, -0.05) is 13.8 Å². The number of hydrogen-bond acceptors (Lipinski definition) is 3. The summed E-state index contributed by atoms with van der Waals surface area (Å²) in [5.41, 5.74) is 1.98. The fourth-order valence-electron chi connectivity index (χ4n) is 2.53. The monoisotopic (exact) mass is 222 g/mol. The minimum atomic E-state index is -0.463. The largest absolute Gasteiger partial charge is 0.496 e. The number of hydrogen-bond donors (Lipinski definition) is 1. The predicted molar refractivity (Wildman–Crippen MR) is 62.1 cm³/mol. The Bertz CT molecular complexity index is 363. The van der Waals surface area contributed by atoms with E-state index in [0.717, 1.165) is 22.6 Å². The van der Waals surface area contributed by atoms with E-state index in [2.05, 4.69) is 6.92 Å². The molecule has 3 unspecified atom stereocenters. The molecule has 0 aromatic heterocycles. The van der Waals surface area contributed by atoms with Crippen molar-refractivity contribution >= 4 is 0 Å². The number of aliphatic hydroxyl groups excluding tert-OH is 1. The highest BCUT2D eigenvalue weighted by Gasteiger charge is 2.38. The van der Waals surface area contributed by atoms with Crippen molar-refractivity contribution in [3.63, 3.8) is 0 Å². The molecule has 0 amide bonds. The van der Waals surface area contributed by atoms with Crippen molar-refractivity contribution in [3.8, 4) is 11.5 Å². The Hall–Kier alpha value is -1.22. The molecule has 1 aromatic rings. The molecule has 0 fully saturated rings. The quantitative estimate of drug-likeness (QED) is 0.835. The summed E-state index contributed by atoms with van der Waals surface area (Å²) in [7, 11) is 3.28. The number of fused-ring (bicyclic) bond motifs is 1. The maximum atomic E-state index is 10.2. The molecule has 1 aliphatic rings. The van der Waals surface area contributed by atoms with Crippen molar-refractivity contribution in [1.82, 2.24) is 0 Å². The Morgan fingerprint density at radius 2 is 1.50 bits per heavy atom. The number of rotatable bonds is 2. The van der Waals surface area contributed by atoms with E-state index in [0.29, 0.717) is 0 Å². The molecule has 0 saturated carbocycles. The summed E-state index contributed by atoms with van der Waals surface area (Å²) >= 11 is 0. The van der Waals surface area contributed by atoms with Crippen LogP contribution in [0.4, 0.5) is 0 Å². The van der Waals surface area contributed by atoms with Crippen LogP contribution in [0.2, 0.25) is 0 Å². The lowest BCUT2D eigenvalue weighted by Gasteiger charge is -2.14. The molecular weight excluding hydrogens is 204 g/mol. The van der Waals surface area contributed by atoms with Gasteiger partial charge in [-0.05, 0) is 24.0 Å². The van der Waals surface area contributed by atoms with Gasteiger partial charge in [0.25, 0.3) is 0 Å². The summed E-state index contributed by atoms with van der Waals surface area (Å²) in [5, 5.41) is 10.2. The standard InChI is InChI=1S/C13H18O3/c1-7-8(2)13(14)12-10(16-4)6-5-9(15-3)11(7)12/h5-8,13-14H,1-4H3. The third kappa shape index (κ3) is 1.39. The van der Waals surface area contributed by atoms with Crippen LogP contribution in [-0.2, 0) is 0 Å². The van der Waals surface area contributed by atoms with Crippen molar-refractivity contribution in [1.29, 1.82) is 0 Å². The molecule has 0 spiro atoms. The summed E-state index contributed by atoms with van der Waals surface area (Å²) in [6.45, 7) is 4.16. The summed E-state index contributed by atoms with van der Waals surface area (Å²) in [5.74, 6) is 2.07. The van der Waals surface area contributed by atoms with Gasteiger partial charge < -0.3 is 14.6 Å². The second kappa shape index (κ2) is 3.98. The first-order valence-electron chi connectivity index (χ1n) is 5.54. The molecule has 0 bridgehead atoms. The molecule has 16 heavy (non-hydrogen) atoms. The van der Waals surface area contributed by atoms with Crippen LogP contribution in [0.3, 0.4) is 0 Å². The van der Waals surface area contributed by atoms with Crippen LogP contribution >= 0.6 is 0 Å². The first kappa shape index (κ1) is 11.3. The fourth-order valence-corrected chi connectivity index (χ4v) is 2.53. The molecule has 0 heterocycles. The van der Waals surface area contributed by atoms with Gasteiger partial charge in [-0.25, -0.2) is 0 Å². The molecule has 2 rings (SSSR count). The maximum Gasteiger partial charge on any atom is 0.125 e. The molecule has 3 atom stereocenters. The van der Waals surface area contributed by atoms with E-state index < -0.39 is 6.10 Å². The van der Waals surface area contributed by atoms with Crippen LogP contribution in [0.1, 0.15) is 37.0 Å². The van der Waals surface area contributed by atoms with E-state index in [1.807, 2.05) is 19.1 Å². The Morgan fingerprint density at radius 3 is 2.00 bits per heavy atom. The van der Waals surface area contributed by atoms with Crippen molar-refractivity contribution in [3.05, 3.63) is 23.3 Å². The summed E-state index contributed by atoms with van der Waals surface area (Å²) in [6, 6.07) is 3.75. The molecule has 88 valence electrons. The van der Waals surface area contributed by atoms with Gasteiger partial charge in [-0.3, -0.25) is 0 Å². The van der Waals surface area contributed by atoms with E-state index in [1.165, 1.54) is 0 Å². The van der Waals surface area contributed by atoms with Crippen LogP contribution in [0.15, 0.2) is 12.1 Å². The predicted octanol–water partition coefficient (Wildman–Crippen LogP) is 2.49. The Morgan fingerprint density at radius 1 is 1.00 bits per heavy atom. The van der Waals surface area contributed by atoms with Crippen molar-refractivity contribution in [2.45, 2.75) is 25.9 Å². The Kier molecular flexibility index (Phi) is 2.80.